The van der Waals surface area contributed by atoms with Crippen molar-refractivity contribution in [3.05, 3.63) is 24.3 Å². The Hall–Kier alpha value is -0.640. The molecule has 1 aliphatic carbocycles. The van der Waals surface area contributed by atoms with Crippen LogP contribution >= 0.6 is 24.8 Å². The first kappa shape index (κ1) is 18.4. The SMILES string of the molecule is Cl.Cl.c1cc(N2CCNCC2)ccc1OC1CCCCC1. The lowest BCUT2D eigenvalue weighted by Crippen LogP contribution is -2.43. The number of anilines is 1. The molecular formula is C16H26Cl2N2O. The highest BCUT2D eigenvalue weighted by Crippen LogP contribution is 2.25. The zero-order valence-corrected chi connectivity index (χ0v) is 14.1. The average Bonchev–Trinajstić information content (AvgIpc) is 2.50. The predicted octanol–water partition coefficient (Wildman–Crippen LogP) is 3.65. The zero-order chi connectivity index (χ0) is 12.9. The van der Waals surface area contributed by atoms with Crippen molar-refractivity contribution in [3.63, 3.8) is 0 Å². The van der Waals surface area contributed by atoms with Crippen LogP contribution in [0.5, 0.6) is 5.75 Å². The Morgan fingerprint density at radius 2 is 1.52 bits per heavy atom. The molecule has 21 heavy (non-hydrogen) atoms. The molecular weight excluding hydrogens is 307 g/mol. The van der Waals surface area contributed by atoms with E-state index in [-0.39, 0.29) is 24.8 Å². The van der Waals surface area contributed by atoms with Crippen LogP contribution in [0.4, 0.5) is 5.69 Å². The van der Waals surface area contributed by atoms with Gasteiger partial charge in [0.25, 0.3) is 0 Å². The minimum absolute atomic E-state index is 0. The van der Waals surface area contributed by atoms with Gasteiger partial charge in [0.05, 0.1) is 6.10 Å². The highest BCUT2D eigenvalue weighted by Gasteiger charge is 2.15. The van der Waals surface area contributed by atoms with Gasteiger partial charge < -0.3 is 15.0 Å². The number of piperazine rings is 1. The first-order chi connectivity index (χ1) is 9.42. The minimum atomic E-state index is 0. The van der Waals surface area contributed by atoms with E-state index in [1.165, 1.54) is 37.8 Å². The summed E-state index contributed by atoms with van der Waals surface area (Å²) in [6.45, 7) is 4.37. The number of ether oxygens (including phenoxy) is 1. The van der Waals surface area contributed by atoms with Crippen LogP contribution in [0.1, 0.15) is 32.1 Å². The maximum atomic E-state index is 6.07. The average molecular weight is 333 g/mol. The molecule has 0 aromatic heterocycles. The van der Waals surface area contributed by atoms with Crippen LogP contribution in [0.2, 0.25) is 0 Å². The quantitative estimate of drug-likeness (QED) is 0.914. The molecule has 1 saturated heterocycles. The molecule has 120 valence electrons. The van der Waals surface area contributed by atoms with E-state index < -0.39 is 0 Å². The van der Waals surface area contributed by atoms with Crippen LogP contribution < -0.4 is 15.0 Å². The van der Waals surface area contributed by atoms with E-state index in [9.17, 15) is 0 Å². The Bertz CT molecular complexity index is 388. The van der Waals surface area contributed by atoms with Crippen LogP contribution in [0.25, 0.3) is 0 Å². The van der Waals surface area contributed by atoms with Gasteiger partial charge in [-0.15, -0.1) is 24.8 Å². The molecule has 1 saturated carbocycles. The molecule has 0 unspecified atom stereocenters. The van der Waals surface area contributed by atoms with Gasteiger partial charge >= 0.3 is 0 Å². The summed E-state index contributed by atoms with van der Waals surface area (Å²) in [5.74, 6) is 1.03. The number of hydrogen-bond donors (Lipinski definition) is 1. The number of hydrogen-bond acceptors (Lipinski definition) is 3. The normalized spacial score (nSPS) is 19.3. The summed E-state index contributed by atoms with van der Waals surface area (Å²) < 4.78 is 6.07. The van der Waals surface area contributed by atoms with Gasteiger partial charge in [-0.05, 0) is 49.9 Å². The van der Waals surface area contributed by atoms with Crippen LogP contribution in [0.15, 0.2) is 24.3 Å². The number of nitrogens with one attached hydrogen (secondary N) is 1. The second-order valence-corrected chi connectivity index (χ2v) is 5.61. The van der Waals surface area contributed by atoms with Crippen molar-refractivity contribution in [2.24, 2.45) is 0 Å². The second-order valence-electron chi connectivity index (χ2n) is 5.61. The van der Waals surface area contributed by atoms with Crippen LogP contribution in [-0.4, -0.2) is 32.3 Å². The number of rotatable bonds is 3. The topological polar surface area (TPSA) is 24.5 Å². The summed E-state index contributed by atoms with van der Waals surface area (Å²) in [5, 5.41) is 3.38. The molecule has 0 bridgehead atoms. The van der Waals surface area contributed by atoms with Crippen LogP contribution in [0, 0.1) is 0 Å². The van der Waals surface area contributed by atoms with Crippen molar-refractivity contribution in [1.29, 1.82) is 0 Å². The molecule has 2 aliphatic rings. The van der Waals surface area contributed by atoms with Crippen molar-refractivity contribution in [3.8, 4) is 5.75 Å². The molecule has 1 aromatic rings. The summed E-state index contributed by atoms with van der Waals surface area (Å²) in [5.41, 5.74) is 1.32. The van der Waals surface area contributed by atoms with Gasteiger partial charge in [-0.1, -0.05) is 6.42 Å². The number of halogens is 2. The van der Waals surface area contributed by atoms with Gasteiger partial charge in [0.15, 0.2) is 0 Å². The van der Waals surface area contributed by atoms with E-state index >= 15 is 0 Å². The van der Waals surface area contributed by atoms with Crippen molar-refractivity contribution < 1.29 is 4.74 Å². The third-order valence-corrected chi connectivity index (χ3v) is 4.17. The fourth-order valence-electron chi connectivity index (χ4n) is 3.03. The Kier molecular flexibility index (Phi) is 8.23. The highest BCUT2D eigenvalue weighted by atomic mass is 35.5. The van der Waals surface area contributed by atoms with Gasteiger partial charge in [-0.25, -0.2) is 0 Å². The maximum absolute atomic E-state index is 6.07. The maximum Gasteiger partial charge on any atom is 0.119 e. The second kappa shape index (κ2) is 9.39. The molecule has 3 nitrogen and oxygen atoms in total. The molecule has 3 rings (SSSR count). The summed E-state index contributed by atoms with van der Waals surface area (Å²) in [4.78, 5) is 2.43. The fourth-order valence-corrected chi connectivity index (χ4v) is 3.03. The van der Waals surface area contributed by atoms with Gasteiger partial charge in [0.1, 0.15) is 5.75 Å². The molecule has 1 aromatic carbocycles. The van der Waals surface area contributed by atoms with Gasteiger partial charge in [0.2, 0.25) is 0 Å². The van der Waals surface area contributed by atoms with E-state index in [1.54, 1.807) is 0 Å². The molecule has 1 N–H and O–H groups in total. The molecule has 0 radical (unpaired) electrons. The van der Waals surface area contributed by atoms with Crippen molar-refractivity contribution >= 4 is 30.5 Å². The molecule has 1 heterocycles. The first-order valence-electron chi connectivity index (χ1n) is 7.64. The van der Waals surface area contributed by atoms with E-state index in [1.807, 2.05) is 0 Å². The standard InChI is InChI=1S/C16H24N2O.2ClH/c1-2-4-15(5-3-1)19-16-8-6-14(7-9-16)18-12-10-17-11-13-18;;/h6-9,15,17H,1-5,10-13H2;2*1H. The third-order valence-electron chi connectivity index (χ3n) is 4.17. The van der Waals surface area contributed by atoms with Crippen molar-refractivity contribution in [2.45, 2.75) is 38.2 Å². The van der Waals surface area contributed by atoms with Gasteiger partial charge in [0, 0.05) is 31.9 Å². The van der Waals surface area contributed by atoms with Crippen molar-refractivity contribution in [2.75, 3.05) is 31.1 Å². The Labute approximate surface area is 140 Å². The Morgan fingerprint density at radius 1 is 0.905 bits per heavy atom. The molecule has 0 spiro atoms. The summed E-state index contributed by atoms with van der Waals surface area (Å²) >= 11 is 0. The zero-order valence-electron chi connectivity index (χ0n) is 12.4. The summed E-state index contributed by atoms with van der Waals surface area (Å²) in [7, 11) is 0. The lowest BCUT2D eigenvalue weighted by atomic mass is 9.98. The number of benzene rings is 1. The van der Waals surface area contributed by atoms with E-state index in [0.29, 0.717) is 6.10 Å². The molecule has 0 amide bonds. The fraction of sp³-hybridized carbons (Fsp3) is 0.625. The minimum Gasteiger partial charge on any atom is -0.490 e. The third kappa shape index (κ3) is 5.24. The molecule has 1 aliphatic heterocycles. The smallest absolute Gasteiger partial charge is 0.119 e. The Morgan fingerprint density at radius 3 is 2.14 bits per heavy atom. The van der Waals surface area contributed by atoms with E-state index in [2.05, 4.69) is 34.5 Å². The van der Waals surface area contributed by atoms with Crippen LogP contribution in [0.3, 0.4) is 0 Å². The highest BCUT2D eigenvalue weighted by molar-refractivity contribution is 5.85. The Balaban J connectivity index is 0.00000110. The molecule has 5 heteroatoms. The molecule has 0 atom stereocenters. The van der Waals surface area contributed by atoms with Crippen LogP contribution in [-0.2, 0) is 0 Å². The summed E-state index contributed by atoms with van der Waals surface area (Å²) in [6.07, 6.45) is 6.91. The van der Waals surface area contributed by atoms with E-state index in [4.69, 9.17) is 4.74 Å². The largest absolute Gasteiger partial charge is 0.490 e. The van der Waals surface area contributed by atoms with E-state index in [0.717, 1.165) is 31.9 Å². The summed E-state index contributed by atoms with van der Waals surface area (Å²) in [6, 6.07) is 8.66. The molecule has 2 fully saturated rings. The lowest BCUT2D eigenvalue weighted by molar-refractivity contribution is 0.155. The number of nitrogens with zero attached hydrogens (tertiary/aromatic N) is 1. The predicted molar refractivity (Wildman–Crippen MR) is 93.5 cm³/mol. The van der Waals surface area contributed by atoms with Crippen molar-refractivity contribution in [1.82, 2.24) is 5.32 Å². The first-order valence-corrected chi connectivity index (χ1v) is 7.64. The lowest BCUT2D eigenvalue weighted by Gasteiger charge is -2.29. The van der Waals surface area contributed by atoms with Gasteiger partial charge in [-0.2, -0.15) is 0 Å². The monoisotopic (exact) mass is 332 g/mol. The van der Waals surface area contributed by atoms with Gasteiger partial charge in [-0.3, -0.25) is 0 Å².